The second-order valence-corrected chi connectivity index (χ2v) is 8.55. The van der Waals surface area contributed by atoms with Crippen LogP contribution in [0.5, 0.6) is 0 Å². The molecule has 0 bridgehead atoms. The maximum Gasteiger partial charge on any atom is 0.257 e. The fourth-order valence-electron chi connectivity index (χ4n) is 4.59. The van der Waals surface area contributed by atoms with Crippen molar-refractivity contribution in [3.63, 3.8) is 0 Å². The number of benzene rings is 1. The van der Waals surface area contributed by atoms with Gasteiger partial charge in [-0.25, -0.2) is 9.37 Å². The number of amides is 1. The Kier molecular flexibility index (Phi) is 5.01. The first-order chi connectivity index (χ1) is 15.4. The number of halogens is 1. The van der Waals surface area contributed by atoms with Gasteiger partial charge in [-0.15, -0.1) is 0 Å². The third-order valence-electron chi connectivity index (χ3n) is 5.77. The number of carbonyl (C=O) groups excluding carboxylic acids is 1. The minimum absolute atomic E-state index is 0.233. The van der Waals surface area contributed by atoms with Crippen molar-refractivity contribution < 1.29 is 9.18 Å². The van der Waals surface area contributed by atoms with E-state index in [4.69, 9.17) is 0 Å². The summed E-state index contributed by atoms with van der Waals surface area (Å²) in [7, 11) is 0. The normalized spacial score (nSPS) is 18.9. The molecule has 164 valence electrons. The quantitative estimate of drug-likeness (QED) is 0.516. The monoisotopic (exact) mass is 432 g/mol. The molecule has 4 aromatic rings. The van der Waals surface area contributed by atoms with E-state index in [0.29, 0.717) is 34.5 Å². The van der Waals surface area contributed by atoms with Crippen LogP contribution >= 0.6 is 0 Å². The summed E-state index contributed by atoms with van der Waals surface area (Å²) in [6.45, 7) is 7.89. The second-order valence-electron chi connectivity index (χ2n) is 8.55. The Morgan fingerprint density at radius 1 is 1.19 bits per heavy atom. The smallest absolute Gasteiger partial charge is 0.257 e. The third kappa shape index (κ3) is 3.67. The highest BCUT2D eigenvalue weighted by Gasteiger charge is 2.24. The minimum atomic E-state index is -0.490. The molecule has 2 N–H and O–H groups in total. The minimum Gasteiger partial charge on any atom is -0.368 e. The highest BCUT2D eigenvalue weighted by molar-refractivity contribution is 6.13. The largest absolute Gasteiger partial charge is 0.368 e. The van der Waals surface area contributed by atoms with Gasteiger partial charge in [0.2, 0.25) is 0 Å². The molecule has 1 saturated heterocycles. The molecule has 5 rings (SSSR count). The first kappa shape index (κ1) is 20.4. The van der Waals surface area contributed by atoms with Crippen molar-refractivity contribution in [2.45, 2.75) is 32.9 Å². The molecule has 8 heteroatoms. The van der Waals surface area contributed by atoms with Crippen LogP contribution in [0, 0.1) is 12.7 Å². The zero-order valence-electron chi connectivity index (χ0n) is 18.3. The number of imidazole rings is 1. The van der Waals surface area contributed by atoms with Gasteiger partial charge >= 0.3 is 0 Å². The predicted octanol–water partition coefficient (Wildman–Crippen LogP) is 3.77. The van der Waals surface area contributed by atoms with Crippen LogP contribution in [0.25, 0.3) is 16.6 Å². The number of anilines is 2. The SMILES string of the molecule is Cc1cn2cc(NC(=O)c3ccc(N4C[C@@H](C)N[C@H](C)C4)c4cccnc34)cc(F)c2n1. The fraction of sp³-hybridized carbons (Fsp3) is 0.292. The molecule has 0 spiro atoms. The summed E-state index contributed by atoms with van der Waals surface area (Å²) in [6, 6.07) is 9.67. The Bertz CT molecular complexity index is 1320. The van der Waals surface area contributed by atoms with Crippen molar-refractivity contribution in [1.29, 1.82) is 0 Å². The van der Waals surface area contributed by atoms with Crippen LogP contribution in [0.2, 0.25) is 0 Å². The van der Waals surface area contributed by atoms with Crippen molar-refractivity contribution in [1.82, 2.24) is 19.7 Å². The van der Waals surface area contributed by atoms with Crippen molar-refractivity contribution >= 4 is 33.8 Å². The molecule has 0 radical (unpaired) electrons. The molecule has 1 aliphatic rings. The summed E-state index contributed by atoms with van der Waals surface area (Å²) < 4.78 is 16.0. The lowest BCUT2D eigenvalue weighted by molar-refractivity contribution is 0.102. The van der Waals surface area contributed by atoms with Crippen LogP contribution in [-0.2, 0) is 0 Å². The second kappa shape index (κ2) is 7.87. The molecule has 0 aliphatic carbocycles. The molecule has 3 aromatic heterocycles. The van der Waals surface area contributed by atoms with E-state index in [9.17, 15) is 9.18 Å². The molecule has 4 heterocycles. The number of hydrogen-bond acceptors (Lipinski definition) is 5. The van der Waals surface area contributed by atoms with Crippen LogP contribution in [0.1, 0.15) is 29.9 Å². The lowest BCUT2D eigenvalue weighted by Crippen LogP contribution is -2.54. The van der Waals surface area contributed by atoms with Gasteiger partial charge in [0.1, 0.15) is 0 Å². The summed E-state index contributed by atoms with van der Waals surface area (Å²) in [5.41, 5.74) is 3.43. The zero-order valence-corrected chi connectivity index (χ0v) is 18.3. The topological polar surface area (TPSA) is 74.6 Å². The average molecular weight is 433 g/mol. The number of aryl methyl sites for hydroxylation is 1. The highest BCUT2D eigenvalue weighted by atomic mass is 19.1. The van der Waals surface area contributed by atoms with E-state index in [1.54, 1.807) is 36.0 Å². The zero-order chi connectivity index (χ0) is 22.4. The first-order valence-corrected chi connectivity index (χ1v) is 10.7. The molecule has 1 aliphatic heterocycles. The molecule has 32 heavy (non-hydrogen) atoms. The van der Waals surface area contributed by atoms with Gasteiger partial charge in [-0.1, -0.05) is 0 Å². The molecule has 0 saturated carbocycles. The Labute approximate surface area is 185 Å². The molecule has 1 fully saturated rings. The number of nitrogens with one attached hydrogen (secondary N) is 2. The highest BCUT2D eigenvalue weighted by Crippen LogP contribution is 2.30. The molecular weight excluding hydrogens is 407 g/mol. The summed E-state index contributed by atoms with van der Waals surface area (Å²) >= 11 is 0. The molecule has 1 amide bonds. The molecule has 7 nitrogen and oxygen atoms in total. The van der Waals surface area contributed by atoms with E-state index >= 15 is 0 Å². The number of carbonyl (C=O) groups is 1. The maximum absolute atomic E-state index is 14.4. The summed E-state index contributed by atoms with van der Waals surface area (Å²) in [6.07, 6.45) is 5.06. The van der Waals surface area contributed by atoms with Crippen molar-refractivity contribution in [3.05, 3.63) is 66.0 Å². The lowest BCUT2D eigenvalue weighted by Gasteiger charge is -2.38. The number of hydrogen-bond donors (Lipinski definition) is 2. The Morgan fingerprint density at radius 2 is 1.97 bits per heavy atom. The number of fused-ring (bicyclic) bond motifs is 2. The Balaban J connectivity index is 1.50. The van der Waals surface area contributed by atoms with Gasteiger partial charge in [0.05, 0.1) is 22.5 Å². The van der Waals surface area contributed by atoms with E-state index < -0.39 is 5.82 Å². The number of aromatic nitrogens is 3. The Hall–Kier alpha value is -3.52. The molecule has 2 atom stereocenters. The standard InChI is InChI=1S/C24H25FN6O/c1-14-10-30(11-15(2)27-14)21-7-6-19(22-18(21)5-4-8-26-22)24(32)29-17-9-20(25)23-28-16(3)12-31(23)13-17/h4-9,12-15,27H,10-11H2,1-3H3,(H,29,32)/t14-,15-/m1/s1. The van der Waals surface area contributed by atoms with E-state index in [2.05, 4.69) is 39.3 Å². The predicted molar refractivity (Wildman–Crippen MR) is 124 cm³/mol. The number of rotatable bonds is 3. The van der Waals surface area contributed by atoms with Crippen molar-refractivity contribution in [2.75, 3.05) is 23.3 Å². The van der Waals surface area contributed by atoms with Gasteiger partial charge in [-0.2, -0.15) is 0 Å². The van der Waals surface area contributed by atoms with Crippen LogP contribution in [-0.4, -0.2) is 45.4 Å². The van der Waals surface area contributed by atoms with Gasteiger partial charge in [-0.3, -0.25) is 9.78 Å². The lowest BCUT2D eigenvalue weighted by atomic mass is 10.0. The maximum atomic E-state index is 14.4. The van der Waals surface area contributed by atoms with Gasteiger partial charge in [0, 0.05) is 60.9 Å². The summed E-state index contributed by atoms with van der Waals surface area (Å²) in [5.74, 6) is -0.825. The molecule has 0 unspecified atom stereocenters. The van der Waals surface area contributed by atoms with E-state index in [-0.39, 0.29) is 11.6 Å². The number of pyridine rings is 2. The van der Waals surface area contributed by atoms with Gasteiger partial charge in [0.15, 0.2) is 11.5 Å². The van der Waals surface area contributed by atoms with E-state index in [1.165, 1.54) is 6.07 Å². The molecule has 1 aromatic carbocycles. The average Bonchev–Trinajstić information content (AvgIpc) is 3.13. The number of piperazine rings is 1. The summed E-state index contributed by atoms with van der Waals surface area (Å²) in [5, 5.41) is 7.28. The fourth-order valence-corrected chi connectivity index (χ4v) is 4.59. The van der Waals surface area contributed by atoms with E-state index in [0.717, 1.165) is 24.2 Å². The third-order valence-corrected chi connectivity index (χ3v) is 5.77. The van der Waals surface area contributed by atoms with Crippen LogP contribution in [0.4, 0.5) is 15.8 Å². The van der Waals surface area contributed by atoms with Crippen LogP contribution < -0.4 is 15.5 Å². The van der Waals surface area contributed by atoms with Crippen LogP contribution in [0.15, 0.2) is 48.9 Å². The van der Waals surface area contributed by atoms with Gasteiger partial charge in [-0.05, 0) is 45.0 Å². The number of nitrogens with zero attached hydrogens (tertiary/aromatic N) is 4. The van der Waals surface area contributed by atoms with Gasteiger partial charge < -0.3 is 19.9 Å². The van der Waals surface area contributed by atoms with Crippen molar-refractivity contribution in [3.8, 4) is 0 Å². The van der Waals surface area contributed by atoms with Crippen molar-refractivity contribution in [2.24, 2.45) is 0 Å². The van der Waals surface area contributed by atoms with E-state index in [1.807, 2.05) is 18.2 Å². The first-order valence-electron chi connectivity index (χ1n) is 10.7. The Morgan fingerprint density at radius 3 is 2.75 bits per heavy atom. The summed E-state index contributed by atoms with van der Waals surface area (Å²) in [4.78, 5) is 24.2. The molecular formula is C24H25FN6O. The van der Waals surface area contributed by atoms with Gasteiger partial charge in [0.25, 0.3) is 5.91 Å². The van der Waals surface area contributed by atoms with Crippen LogP contribution in [0.3, 0.4) is 0 Å².